The quantitative estimate of drug-likeness (QED) is 0.415. The predicted octanol–water partition coefficient (Wildman–Crippen LogP) is 0.298. The Labute approximate surface area is 88.4 Å². The van der Waals surface area contributed by atoms with Crippen LogP contribution in [0.3, 0.4) is 0 Å². The molecule has 86 valence electrons. The van der Waals surface area contributed by atoms with Gasteiger partial charge in [-0.05, 0) is 5.92 Å². The summed E-state index contributed by atoms with van der Waals surface area (Å²) in [6.07, 6.45) is -1.38. The average molecular weight is 216 g/mol. The van der Waals surface area contributed by atoms with Crippen LogP contribution in [-0.2, 0) is 19.1 Å². The van der Waals surface area contributed by atoms with E-state index < -0.39 is 29.7 Å². The molecule has 0 rings (SSSR count). The zero-order valence-corrected chi connectivity index (χ0v) is 9.31. The second-order valence-electron chi connectivity index (χ2n) is 3.92. The number of esters is 2. The lowest BCUT2D eigenvalue weighted by Crippen LogP contribution is -2.33. The van der Waals surface area contributed by atoms with Crippen molar-refractivity contribution >= 4 is 17.7 Å². The number of aliphatic hydroxyl groups is 1. The number of hydrogen-bond acceptors (Lipinski definition) is 5. The molecule has 0 radical (unpaired) electrons. The van der Waals surface area contributed by atoms with Gasteiger partial charge < -0.3 is 9.84 Å². The molecule has 0 aromatic carbocycles. The van der Waals surface area contributed by atoms with Crippen LogP contribution in [0.25, 0.3) is 0 Å². The highest BCUT2D eigenvalue weighted by molar-refractivity contribution is 6.35. The van der Waals surface area contributed by atoms with Crippen molar-refractivity contribution in [3.05, 3.63) is 0 Å². The van der Waals surface area contributed by atoms with Crippen LogP contribution in [0.5, 0.6) is 0 Å². The molecule has 0 saturated carbocycles. The van der Waals surface area contributed by atoms with Gasteiger partial charge in [-0.3, -0.25) is 4.79 Å². The molecular formula is C10H16O5. The summed E-state index contributed by atoms with van der Waals surface area (Å²) >= 11 is 0. The zero-order valence-electron chi connectivity index (χ0n) is 9.31. The Morgan fingerprint density at radius 2 is 1.53 bits per heavy atom. The van der Waals surface area contributed by atoms with E-state index in [0.717, 1.165) is 0 Å². The van der Waals surface area contributed by atoms with E-state index >= 15 is 0 Å². The number of Topliss-reactive ketones (excluding diaryl/α,β-unsaturated/α-hetero) is 1. The molecule has 0 saturated heterocycles. The van der Waals surface area contributed by atoms with Gasteiger partial charge in [0, 0.05) is 5.92 Å². The van der Waals surface area contributed by atoms with E-state index in [4.69, 9.17) is 0 Å². The fourth-order valence-corrected chi connectivity index (χ4v) is 0.710. The van der Waals surface area contributed by atoms with Crippen molar-refractivity contribution in [1.29, 1.82) is 0 Å². The molecule has 0 heterocycles. The molecule has 5 nitrogen and oxygen atoms in total. The van der Waals surface area contributed by atoms with Crippen LogP contribution in [0.15, 0.2) is 0 Å². The maximum absolute atomic E-state index is 11.1. The first-order chi connectivity index (χ1) is 6.77. The molecule has 0 amide bonds. The van der Waals surface area contributed by atoms with Crippen LogP contribution in [0.4, 0.5) is 0 Å². The standard InChI is InChI=1S/C10H16O5/c1-5(2)7(11)9(13)15-10(14)8(12)6(3)4/h5-7,11H,1-4H3. The number of rotatable bonds is 4. The van der Waals surface area contributed by atoms with E-state index in [1.165, 1.54) is 13.8 Å². The van der Waals surface area contributed by atoms with Crippen molar-refractivity contribution in [1.82, 2.24) is 0 Å². The number of carbonyl (C=O) groups is 3. The number of carbonyl (C=O) groups excluding carboxylic acids is 3. The van der Waals surface area contributed by atoms with Crippen LogP contribution >= 0.6 is 0 Å². The van der Waals surface area contributed by atoms with Crippen LogP contribution in [-0.4, -0.2) is 28.9 Å². The molecule has 5 heteroatoms. The predicted molar refractivity (Wildman–Crippen MR) is 51.8 cm³/mol. The first kappa shape index (κ1) is 13.8. The van der Waals surface area contributed by atoms with Gasteiger partial charge in [-0.25, -0.2) is 9.59 Å². The summed E-state index contributed by atoms with van der Waals surface area (Å²) in [5, 5.41) is 9.23. The lowest BCUT2D eigenvalue weighted by atomic mass is 10.1. The third-order valence-corrected chi connectivity index (χ3v) is 1.79. The van der Waals surface area contributed by atoms with Gasteiger partial charge in [-0.2, -0.15) is 0 Å². The third kappa shape index (κ3) is 4.20. The van der Waals surface area contributed by atoms with Gasteiger partial charge >= 0.3 is 11.9 Å². The minimum atomic E-state index is -1.38. The summed E-state index contributed by atoms with van der Waals surface area (Å²) < 4.78 is 4.22. The fraction of sp³-hybridized carbons (Fsp3) is 0.700. The lowest BCUT2D eigenvalue weighted by molar-refractivity contribution is -0.171. The molecule has 0 fully saturated rings. The molecule has 1 atom stereocenters. The second-order valence-corrected chi connectivity index (χ2v) is 3.92. The zero-order chi connectivity index (χ0) is 12.2. The summed E-state index contributed by atoms with van der Waals surface area (Å²) in [5.41, 5.74) is 0. The Balaban J connectivity index is 4.31. The molecule has 0 aliphatic carbocycles. The number of hydrogen-bond donors (Lipinski definition) is 1. The van der Waals surface area contributed by atoms with Crippen molar-refractivity contribution in [2.45, 2.75) is 33.8 Å². The molecule has 0 spiro atoms. The minimum absolute atomic E-state index is 0.362. The van der Waals surface area contributed by atoms with Crippen molar-refractivity contribution in [3.63, 3.8) is 0 Å². The fourth-order valence-electron chi connectivity index (χ4n) is 0.710. The van der Waals surface area contributed by atoms with Crippen molar-refractivity contribution < 1.29 is 24.2 Å². The van der Waals surface area contributed by atoms with E-state index in [-0.39, 0.29) is 5.92 Å². The Kier molecular flexibility index (Phi) is 5.14. The highest BCUT2D eigenvalue weighted by atomic mass is 16.6. The van der Waals surface area contributed by atoms with Gasteiger partial charge in [0.15, 0.2) is 6.10 Å². The normalized spacial score (nSPS) is 12.7. The highest BCUT2D eigenvalue weighted by Crippen LogP contribution is 2.04. The molecule has 15 heavy (non-hydrogen) atoms. The molecule has 0 aromatic rings. The smallest absolute Gasteiger partial charge is 0.382 e. The van der Waals surface area contributed by atoms with Gasteiger partial charge in [0.1, 0.15) is 0 Å². The van der Waals surface area contributed by atoms with Crippen LogP contribution < -0.4 is 0 Å². The summed E-state index contributed by atoms with van der Waals surface area (Å²) in [6.45, 7) is 6.24. The van der Waals surface area contributed by atoms with Gasteiger partial charge in [-0.15, -0.1) is 0 Å². The maximum atomic E-state index is 11.1. The van der Waals surface area contributed by atoms with E-state index in [0.29, 0.717) is 0 Å². The first-order valence-corrected chi connectivity index (χ1v) is 4.75. The Bertz CT molecular complexity index is 267. The monoisotopic (exact) mass is 216 g/mol. The van der Waals surface area contributed by atoms with Gasteiger partial charge in [-0.1, -0.05) is 27.7 Å². The maximum Gasteiger partial charge on any atom is 0.382 e. The van der Waals surface area contributed by atoms with Gasteiger partial charge in [0.25, 0.3) is 0 Å². The lowest BCUT2D eigenvalue weighted by Gasteiger charge is -2.12. The van der Waals surface area contributed by atoms with Crippen molar-refractivity contribution in [3.8, 4) is 0 Å². The van der Waals surface area contributed by atoms with Crippen LogP contribution in [0.2, 0.25) is 0 Å². The summed E-state index contributed by atoms with van der Waals surface area (Å²) in [5.74, 6) is -3.96. The number of ketones is 1. The molecule has 1 N–H and O–H groups in total. The first-order valence-electron chi connectivity index (χ1n) is 4.75. The van der Waals surface area contributed by atoms with E-state index in [2.05, 4.69) is 4.74 Å². The molecule has 0 bridgehead atoms. The van der Waals surface area contributed by atoms with E-state index in [9.17, 15) is 19.5 Å². The topological polar surface area (TPSA) is 80.7 Å². The summed E-state index contributed by atoms with van der Waals surface area (Å²) in [6, 6.07) is 0. The highest BCUT2D eigenvalue weighted by Gasteiger charge is 2.27. The molecule has 0 aliphatic heterocycles. The minimum Gasteiger partial charge on any atom is -0.385 e. The molecule has 1 unspecified atom stereocenters. The SMILES string of the molecule is CC(C)C(=O)C(=O)OC(=O)C(O)C(C)C. The van der Waals surface area contributed by atoms with Gasteiger partial charge in [0.05, 0.1) is 0 Å². The largest absolute Gasteiger partial charge is 0.385 e. The number of aliphatic hydroxyl groups excluding tert-OH is 1. The number of ether oxygens (including phenoxy) is 1. The summed E-state index contributed by atoms with van der Waals surface area (Å²) in [7, 11) is 0. The second kappa shape index (κ2) is 5.60. The molecule has 0 aliphatic rings. The Morgan fingerprint density at radius 1 is 1.07 bits per heavy atom. The summed E-state index contributed by atoms with van der Waals surface area (Å²) in [4.78, 5) is 33.2. The van der Waals surface area contributed by atoms with Crippen LogP contribution in [0, 0.1) is 11.8 Å². The third-order valence-electron chi connectivity index (χ3n) is 1.79. The van der Waals surface area contributed by atoms with Gasteiger partial charge in [0.2, 0.25) is 5.78 Å². The average Bonchev–Trinajstić information content (AvgIpc) is 2.14. The van der Waals surface area contributed by atoms with Crippen LogP contribution in [0.1, 0.15) is 27.7 Å². The van der Waals surface area contributed by atoms with E-state index in [1.807, 2.05) is 0 Å². The van der Waals surface area contributed by atoms with Crippen molar-refractivity contribution in [2.24, 2.45) is 11.8 Å². The Hall–Kier alpha value is -1.23. The molecule has 0 aromatic heterocycles. The van der Waals surface area contributed by atoms with E-state index in [1.54, 1.807) is 13.8 Å². The molecular weight excluding hydrogens is 200 g/mol. The van der Waals surface area contributed by atoms with Crippen molar-refractivity contribution in [2.75, 3.05) is 0 Å². The Morgan fingerprint density at radius 3 is 1.87 bits per heavy atom.